The molecule has 0 aliphatic heterocycles. The van der Waals surface area contributed by atoms with Gasteiger partial charge in [-0.1, -0.05) is 6.58 Å². The van der Waals surface area contributed by atoms with Crippen LogP contribution in [0.2, 0.25) is 0 Å². The Balaban J connectivity index is 3.26. The molecule has 0 amide bonds. The van der Waals surface area contributed by atoms with E-state index in [1.165, 1.54) is 6.20 Å². The van der Waals surface area contributed by atoms with Crippen LogP contribution < -0.4 is 16.4 Å². The maximum Gasteiger partial charge on any atom is 0.118 e. The highest BCUT2D eigenvalue weighted by molar-refractivity contribution is 5.62. The fourth-order valence-electron chi connectivity index (χ4n) is 1.89. The van der Waals surface area contributed by atoms with Gasteiger partial charge < -0.3 is 21.3 Å². The molecule has 0 saturated heterocycles. The van der Waals surface area contributed by atoms with Crippen LogP contribution in [0.5, 0.6) is 0 Å². The van der Waals surface area contributed by atoms with Gasteiger partial charge in [-0.15, -0.1) is 0 Å². The molecule has 0 aliphatic rings. The number of hydrogen-bond donors (Lipinski definition) is 2. The third-order valence-corrected chi connectivity index (χ3v) is 2.96. The van der Waals surface area contributed by atoms with E-state index in [0.717, 1.165) is 11.3 Å². The smallest absolute Gasteiger partial charge is 0.118 e. The molecule has 0 fully saturated rings. The van der Waals surface area contributed by atoms with E-state index in [4.69, 9.17) is 16.7 Å². The van der Waals surface area contributed by atoms with Gasteiger partial charge in [0.15, 0.2) is 0 Å². The first-order valence-electron chi connectivity index (χ1n) is 6.31. The Bertz CT molecular complexity index is 530. The normalized spacial score (nSPS) is 11.8. The molecule has 4 N–H and O–H groups in total. The van der Waals surface area contributed by atoms with Gasteiger partial charge in [0.05, 0.1) is 6.07 Å². The molecule has 1 unspecified atom stereocenters. The quantitative estimate of drug-likeness (QED) is 0.773. The second-order valence-electron chi connectivity index (χ2n) is 4.54. The van der Waals surface area contributed by atoms with Crippen molar-refractivity contribution in [1.29, 1.82) is 5.26 Å². The number of rotatable bonds is 6. The van der Waals surface area contributed by atoms with Gasteiger partial charge >= 0.3 is 0 Å². The molecular formula is C15H21N5. The van der Waals surface area contributed by atoms with Gasteiger partial charge in [0.1, 0.15) is 6.04 Å². The summed E-state index contributed by atoms with van der Waals surface area (Å²) in [6, 6.07) is 7.50. The standard InChI is InChI=1S/C15H21N5/c1-4-19(3)11-13-9-14(18)5-6-15(13)20(8-7-16)12(2)10-17/h4-9,12H,1,11,16,18H2,2-3H3/b8-7-. The number of nitrogen functional groups attached to an aromatic ring is 1. The Hall–Kier alpha value is -2.61. The van der Waals surface area contributed by atoms with E-state index in [1.807, 2.05) is 42.0 Å². The predicted molar refractivity (Wildman–Crippen MR) is 83.4 cm³/mol. The summed E-state index contributed by atoms with van der Waals surface area (Å²) in [7, 11) is 1.93. The van der Waals surface area contributed by atoms with Gasteiger partial charge in [-0.25, -0.2) is 0 Å². The summed E-state index contributed by atoms with van der Waals surface area (Å²) >= 11 is 0. The predicted octanol–water partition coefficient (Wildman–Crippen LogP) is 1.99. The molecule has 1 atom stereocenters. The molecule has 0 saturated carbocycles. The lowest BCUT2D eigenvalue weighted by atomic mass is 10.1. The van der Waals surface area contributed by atoms with Crippen molar-refractivity contribution in [2.75, 3.05) is 17.7 Å². The van der Waals surface area contributed by atoms with Gasteiger partial charge in [-0.05, 0) is 36.9 Å². The molecule has 5 heteroatoms. The molecule has 0 spiro atoms. The third-order valence-electron chi connectivity index (χ3n) is 2.96. The second kappa shape index (κ2) is 7.10. The lowest BCUT2D eigenvalue weighted by Crippen LogP contribution is -2.28. The number of nitriles is 1. The third kappa shape index (κ3) is 3.69. The maximum absolute atomic E-state index is 9.15. The van der Waals surface area contributed by atoms with Crippen LogP contribution in [-0.2, 0) is 6.54 Å². The molecule has 0 heterocycles. The van der Waals surface area contributed by atoms with Crippen molar-refractivity contribution >= 4 is 11.4 Å². The first kappa shape index (κ1) is 15.4. The van der Waals surface area contributed by atoms with E-state index in [9.17, 15) is 0 Å². The van der Waals surface area contributed by atoms with Crippen molar-refractivity contribution < 1.29 is 0 Å². The van der Waals surface area contributed by atoms with Gasteiger partial charge in [0.25, 0.3) is 0 Å². The number of benzene rings is 1. The van der Waals surface area contributed by atoms with Crippen molar-refractivity contribution in [3.63, 3.8) is 0 Å². The molecule has 0 radical (unpaired) electrons. The Labute approximate surface area is 120 Å². The topological polar surface area (TPSA) is 82.3 Å². The molecule has 0 aliphatic carbocycles. The first-order valence-corrected chi connectivity index (χ1v) is 6.31. The van der Waals surface area contributed by atoms with Crippen LogP contribution in [0.25, 0.3) is 0 Å². The first-order chi connectivity index (χ1) is 9.53. The number of hydrogen-bond acceptors (Lipinski definition) is 5. The minimum absolute atomic E-state index is 0.328. The van der Waals surface area contributed by atoms with Crippen molar-refractivity contribution in [3.05, 3.63) is 48.9 Å². The lowest BCUT2D eigenvalue weighted by Gasteiger charge is -2.27. The van der Waals surface area contributed by atoms with Crippen molar-refractivity contribution in [2.45, 2.75) is 19.5 Å². The van der Waals surface area contributed by atoms with E-state index in [-0.39, 0.29) is 6.04 Å². The van der Waals surface area contributed by atoms with Crippen LogP contribution in [0.4, 0.5) is 11.4 Å². The summed E-state index contributed by atoms with van der Waals surface area (Å²) < 4.78 is 0. The summed E-state index contributed by atoms with van der Waals surface area (Å²) in [6.07, 6.45) is 4.85. The fraction of sp³-hybridized carbons (Fsp3) is 0.267. The van der Waals surface area contributed by atoms with Crippen LogP contribution in [-0.4, -0.2) is 18.0 Å². The van der Waals surface area contributed by atoms with Crippen molar-refractivity contribution in [3.8, 4) is 6.07 Å². The van der Waals surface area contributed by atoms with Crippen LogP contribution in [0.1, 0.15) is 12.5 Å². The van der Waals surface area contributed by atoms with Crippen LogP contribution >= 0.6 is 0 Å². The van der Waals surface area contributed by atoms with E-state index in [1.54, 1.807) is 12.4 Å². The molecule has 0 aromatic heterocycles. The SMILES string of the molecule is C=CN(C)Cc1cc(N)ccc1N(/C=C\N)C(C)C#N. The number of nitrogens with two attached hydrogens (primary N) is 2. The monoisotopic (exact) mass is 271 g/mol. The van der Waals surface area contributed by atoms with Crippen LogP contribution in [0.3, 0.4) is 0 Å². The highest BCUT2D eigenvalue weighted by Crippen LogP contribution is 2.26. The summed E-state index contributed by atoms with van der Waals surface area (Å²) in [5, 5.41) is 9.15. The molecule has 1 rings (SSSR count). The number of nitrogens with zero attached hydrogens (tertiary/aromatic N) is 3. The highest BCUT2D eigenvalue weighted by Gasteiger charge is 2.15. The molecule has 0 bridgehead atoms. The molecule has 20 heavy (non-hydrogen) atoms. The van der Waals surface area contributed by atoms with E-state index in [0.29, 0.717) is 12.2 Å². The number of anilines is 2. The zero-order chi connectivity index (χ0) is 15.1. The zero-order valence-electron chi connectivity index (χ0n) is 12.0. The van der Waals surface area contributed by atoms with Crippen molar-refractivity contribution in [1.82, 2.24) is 4.90 Å². The van der Waals surface area contributed by atoms with Crippen molar-refractivity contribution in [2.24, 2.45) is 5.73 Å². The van der Waals surface area contributed by atoms with Crippen LogP contribution in [0, 0.1) is 11.3 Å². The van der Waals surface area contributed by atoms with Gasteiger partial charge in [-0.3, -0.25) is 0 Å². The zero-order valence-corrected chi connectivity index (χ0v) is 12.0. The summed E-state index contributed by atoms with van der Waals surface area (Å²) in [4.78, 5) is 3.77. The summed E-state index contributed by atoms with van der Waals surface area (Å²) in [6.45, 7) is 6.20. The Morgan fingerprint density at radius 1 is 1.50 bits per heavy atom. The average Bonchev–Trinajstić information content (AvgIpc) is 2.44. The molecule has 1 aromatic carbocycles. The molecule has 5 nitrogen and oxygen atoms in total. The van der Waals surface area contributed by atoms with Crippen LogP contribution in [0.15, 0.2) is 43.4 Å². The van der Waals surface area contributed by atoms with Gasteiger partial charge in [-0.2, -0.15) is 5.26 Å². The minimum atomic E-state index is -0.328. The summed E-state index contributed by atoms with van der Waals surface area (Å²) in [5.74, 6) is 0. The van der Waals surface area contributed by atoms with Gasteiger partial charge in [0, 0.05) is 37.4 Å². The fourth-order valence-corrected chi connectivity index (χ4v) is 1.89. The Morgan fingerprint density at radius 2 is 2.20 bits per heavy atom. The second-order valence-corrected chi connectivity index (χ2v) is 4.54. The van der Waals surface area contributed by atoms with E-state index >= 15 is 0 Å². The molecule has 106 valence electrons. The average molecular weight is 271 g/mol. The largest absolute Gasteiger partial charge is 0.403 e. The molecular weight excluding hydrogens is 250 g/mol. The maximum atomic E-state index is 9.15. The summed E-state index contributed by atoms with van der Waals surface area (Å²) in [5.41, 5.74) is 13.9. The lowest BCUT2D eigenvalue weighted by molar-refractivity contribution is 0.452. The van der Waals surface area contributed by atoms with Gasteiger partial charge in [0.2, 0.25) is 0 Å². The molecule has 1 aromatic rings. The van der Waals surface area contributed by atoms with E-state index < -0.39 is 0 Å². The minimum Gasteiger partial charge on any atom is -0.403 e. The Morgan fingerprint density at radius 3 is 2.75 bits per heavy atom. The Kier molecular flexibility index (Phi) is 5.48. The van der Waals surface area contributed by atoms with E-state index in [2.05, 4.69) is 12.6 Å². The highest BCUT2D eigenvalue weighted by atomic mass is 15.2.